The number of hydrogen-bond acceptors (Lipinski definition) is 3. The summed E-state index contributed by atoms with van der Waals surface area (Å²) >= 11 is 0. The number of nitrogens with zero attached hydrogens (tertiary/aromatic N) is 2. The van der Waals surface area contributed by atoms with Crippen LogP contribution in [0.25, 0.3) is 0 Å². The number of hydrogen-bond donors (Lipinski definition) is 1. The zero-order valence-corrected chi connectivity index (χ0v) is 15.4. The van der Waals surface area contributed by atoms with Crippen molar-refractivity contribution in [2.75, 3.05) is 18.4 Å². The molecule has 2 aromatic rings. The summed E-state index contributed by atoms with van der Waals surface area (Å²) in [5.74, 6) is 0.0372. The number of anilines is 1. The van der Waals surface area contributed by atoms with Crippen LogP contribution in [0.15, 0.2) is 42.5 Å². The fraction of sp³-hybridized carbons (Fsp3) is 0.381. The first kappa shape index (κ1) is 18.1. The molecule has 1 aliphatic heterocycles. The minimum atomic E-state index is -0.310. The third kappa shape index (κ3) is 4.28. The summed E-state index contributed by atoms with van der Waals surface area (Å²) < 4.78 is 0. The summed E-state index contributed by atoms with van der Waals surface area (Å²) in [4.78, 5) is 31.2. The van der Waals surface area contributed by atoms with Gasteiger partial charge in [-0.25, -0.2) is 4.98 Å². The summed E-state index contributed by atoms with van der Waals surface area (Å²) in [6.45, 7) is 5.78. The monoisotopic (exact) mass is 351 g/mol. The molecular weight excluding hydrogens is 326 g/mol. The number of pyridine rings is 1. The number of benzene rings is 1. The Morgan fingerprint density at radius 3 is 2.27 bits per heavy atom. The van der Waals surface area contributed by atoms with Gasteiger partial charge in [0.05, 0.1) is 0 Å². The van der Waals surface area contributed by atoms with Crippen molar-refractivity contribution < 1.29 is 9.59 Å². The fourth-order valence-electron chi connectivity index (χ4n) is 3.09. The number of likely N-dealkylation sites (tertiary alicyclic amines) is 1. The normalized spacial score (nSPS) is 14.3. The topological polar surface area (TPSA) is 62.3 Å². The van der Waals surface area contributed by atoms with Crippen molar-refractivity contribution >= 4 is 17.5 Å². The van der Waals surface area contributed by atoms with Crippen LogP contribution in [0.2, 0.25) is 0 Å². The molecule has 0 atom stereocenters. The number of aromatic nitrogens is 1. The first-order chi connectivity index (χ1) is 12.5. The molecule has 3 rings (SSSR count). The molecular formula is C21H25N3O2. The average molecular weight is 351 g/mol. The second kappa shape index (κ2) is 8.13. The van der Waals surface area contributed by atoms with Crippen molar-refractivity contribution in [2.45, 2.75) is 39.0 Å². The van der Waals surface area contributed by atoms with Gasteiger partial charge in [-0.2, -0.15) is 0 Å². The van der Waals surface area contributed by atoms with Crippen molar-refractivity contribution in [1.29, 1.82) is 0 Å². The molecule has 1 aromatic carbocycles. The summed E-state index contributed by atoms with van der Waals surface area (Å²) in [6, 6.07) is 12.8. The van der Waals surface area contributed by atoms with Gasteiger partial charge in [0.1, 0.15) is 11.4 Å². The molecule has 0 aliphatic carbocycles. The van der Waals surface area contributed by atoms with Crippen LogP contribution in [0.5, 0.6) is 0 Å². The maximum absolute atomic E-state index is 12.6. The lowest BCUT2D eigenvalue weighted by atomic mass is 10.0. The van der Waals surface area contributed by atoms with Gasteiger partial charge in [0.25, 0.3) is 11.8 Å². The number of nitrogens with one attached hydrogen (secondary N) is 1. The average Bonchev–Trinajstić information content (AvgIpc) is 2.68. The van der Waals surface area contributed by atoms with Crippen molar-refractivity contribution in [3.63, 3.8) is 0 Å². The highest BCUT2D eigenvalue weighted by Gasteiger charge is 2.20. The molecule has 1 saturated heterocycles. The number of amides is 2. The second-order valence-electron chi connectivity index (χ2n) is 6.99. The molecule has 0 bridgehead atoms. The largest absolute Gasteiger partial charge is 0.337 e. The highest BCUT2D eigenvalue weighted by molar-refractivity contribution is 6.03. The lowest BCUT2D eigenvalue weighted by molar-refractivity contribution is 0.0718. The van der Waals surface area contributed by atoms with E-state index in [9.17, 15) is 9.59 Å². The number of carbonyl (C=O) groups excluding carboxylic acids is 2. The Bertz CT molecular complexity index is 778. The van der Waals surface area contributed by atoms with E-state index in [0.29, 0.717) is 17.3 Å². The van der Waals surface area contributed by atoms with Gasteiger partial charge in [-0.3, -0.25) is 9.59 Å². The van der Waals surface area contributed by atoms with Gasteiger partial charge in [0.15, 0.2) is 0 Å². The Kier molecular flexibility index (Phi) is 5.66. The Labute approximate surface area is 154 Å². The van der Waals surface area contributed by atoms with Gasteiger partial charge in [-0.15, -0.1) is 0 Å². The van der Waals surface area contributed by atoms with Crippen molar-refractivity contribution in [2.24, 2.45) is 0 Å². The minimum absolute atomic E-state index is 0.0966. The van der Waals surface area contributed by atoms with Crippen LogP contribution in [0.1, 0.15) is 65.6 Å². The van der Waals surface area contributed by atoms with Crippen molar-refractivity contribution in [1.82, 2.24) is 9.88 Å². The van der Waals surface area contributed by atoms with E-state index in [0.717, 1.165) is 32.4 Å². The zero-order valence-electron chi connectivity index (χ0n) is 15.4. The van der Waals surface area contributed by atoms with Crippen LogP contribution in [-0.2, 0) is 0 Å². The first-order valence-corrected chi connectivity index (χ1v) is 9.22. The molecule has 0 unspecified atom stereocenters. The molecule has 5 heteroatoms. The summed E-state index contributed by atoms with van der Waals surface area (Å²) in [5.41, 5.74) is 2.51. The van der Waals surface area contributed by atoms with Gasteiger partial charge >= 0.3 is 0 Å². The molecule has 26 heavy (non-hydrogen) atoms. The highest BCUT2D eigenvalue weighted by atomic mass is 16.2. The Balaban J connectivity index is 1.70. The fourth-order valence-corrected chi connectivity index (χ4v) is 3.09. The minimum Gasteiger partial charge on any atom is -0.337 e. The van der Waals surface area contributed by atoms with Crippen LogP contribution in [0, 0.1) is 0 Å². The highest BCUT2D eigenvalue weighted by Crippen LogP contribution is 2.18. The molecule has 0 radical (unpaired) electrons. The van der Waals surface area contributed by atoms with E-state index in [-0.39, 0.29) is 17.5 Å². The molecule has 1 aliphatic rings. The Morgan fingerprint density at radius 2 is 1.62 bits per heavy atom. The standard InChI is InChI=1S/C21H25N3O2/c1-15(2)16-9-11-17(12-10-16)22-20(25)18-7-6-8-19(23-18)21(26)24-13-4-3-5-14-24/h6-12,15H,3-5,13-14H2,1-2H3,(H,22,25). The predicted molar refractivity (Wildman–Crippen MR) is 102 cm³/mol. The third-order valence-electron chi connectivity index (χ3n) is 4.68. The zero-order chi connectivity index (χ0) is 18.5. The lowest BCUT2D eigenvalue weighted by Gasteiger charge is -2.26. The van der Waals surface area contributed by atoms with Gasteiger partial charge in [-0.05, 0) is 55.0 Å². The van der Waals surface area contributed by atoms with Crippen LogP contribution >= 0.6 is 0 Å². The maximum Gasteiger partial charge on any atom is 0.274 e. The van der Waals surface area contributed by atoms with Crippen molar-refractivity contribution in [3.8, 4) is 0 Å². The van der Waals surface area contributed by atoms with Crippen LogP contribution < -0.4 is 5.32 Å². The molecule has 1 fully saturated rings. The molecule has 1 aromatic heterocycles. The van der Waals surface area contributed by atoms with Crippen molar-refractivity contribution in [3.05, 3.63) is 59.4 Å². The second-order valence-corrected chi connectivity index (χ2v) is 6.99. The molecule has 5 nitrogen and oxygen atoms in total. The summed E-state index contributed by atoms with van der Waals surface area (Å²) in [5, 5.41) is 2.84. The summed E-state index contributed by atoms with van der Waals surface area (Å²) in [7, 11) is 0. The van der Waals surface area contributed by atoms with E-state index in [1.54, 1.807) is 18.2 Å². The third-order valence-corrected chi connectivity index (χ3v) is 4.68. The van der Waals surface area contributed by atoms with Crippen LogP contribution in [0.4, 0.5) is 5.69 Å². The van der Waals surface area contributed by atoms with Crippen LogP contribution in [-0.4, -0.2) is 34.8 Å². The molecule has 0 spiro atoms. The number of carbonyl (C=O) groups is 2. The van der Waals surface area contributed by atoms with Gasteiger partial charge < -0.3 is 10.2 Å². The van der Waals surface area contributed by atoms with Crippen LogP contribution in [0.3, 0.4) is 0 Å². The Morgan fingerprint density at radius 1 is 0.962 bits per heavy atom. The molecule has 2 amide bonds. The molecule has 2 heterocycles. The number of piperidine rings is 1. The van der Waals surface area contributed by atoms with E-state index < -0.39 is 0 Å². The molecule has 136 valence electrons. The SMILES string of the molecule is CC(C)c1ccc(NC(=O)c2cccc(C(=O)N3CCCCC3)n2)cc1. The van der Waals surface area contributed by atoms with E-state index in [1.165, 1.54) is 5.56 Å². The molecule has 1 N–H and O–H groups in total. The van der Waals surface area contributed by atoms with Gasteiger partial charge in [0, 0.05) is 18.8 Å². The van der Waals surface area contributed by atoms with Gasteiger partial charge in [0.2, 0.25) is 0 Å². The quantitative estimate of drug-likeness (QED) is 0.903. The summed E-state index contributed by atoms with van der Waals surface area (Å²) in [6.07, 6.45) is 3.21. The van der Waals surface area contributed by atoms with Gasteiger partial charge in [-0.1, -0.05) is 32.0 Å². The van der Waals surface area contributed by atoms with E-state index in [1.807, 2.05) is 29.2 Å². The van der Waals surface area contributed by atoms with E-state index >= 15 is 0 Å². The number of rotatable bonds is 4. The Hall–Kier alpha value is -2.69. The molecule has 0 saturated carbocycles. The maximum atomic E-state index is 12.6. The first-order valence-electron chi connectivity index (χ1n) is 9.22. The predicted octanol–water partition coefficient (Wildman–Crippen LogP) is 4.08. The van der Waals surface area contributed by atoms with E-state index in [4.69, 9.17) is 0 Å². The lowest BCUT2D eigenvalue weighted by Crippen LogP contribution is -2.36. The smallest absolute Gasteiger partial charge is 0.274 e. The van der Waals surface area contributed by atoms with E-state index in [2.05, 4.69) is 24.1 Å².